The molecule has 2 saturated heterocycles. The number of hydrogen-bond donors (Lipinski definition) is 1. The van der Waals surface area contributed by atoms with E-state index in [0.29, 0.717) is 37.4 Å². The summed E-state index contributed by atoms with van der Waals surface area (Å²) in [5.74, 6) is 1.51. The van der Waals surface area contributed by atoms with Crippen molar-refractivity contribution >= 4 is 27.0 Å². The van der Waals surface area contributed by atoms with E-state index in [1.54, 1.807) is 19.2 Å². The first kappa shape index (κ1) is 24.2. The minimum absolute atomic E-state index is 0.0505. The number of aromatic nitrogens is 2. The zero-order valence-electron chi connectivity index (χ0n) is 20.1. The molecule has 2 aromatic rings. The third-order valence-corrected chi connectivity index (χ3v) is 8.67. The van der Waals surface area contributed by atoms with E-state index in [-0.39, 0.29) is 22.1 Å². The molecular weight excluding hydrogens is 440 g/mol. The average Bonchev–Trinajstić information content (AvgIpc) is 3.39. The van der Waals surface area contributed by atoms with Gasteiger partial charge in [-0.25, -0.2) is 13.4 Å². The smallest absolute Gasteiger partial charge is 0.243 e. The van der Waals surface area contributed by atoms with Crippen LogP contribution in [0.4, 0.5) is 0 Å². The van der Waals surface area contributed by atoms with Crippen molar-refractivity contribution in [2.45, 2.75) is 63.3 Å². The summed E-state index contributed by atoms with van der Waals surface area (Å²) >= 11 is 0. The van der Waals surface area contributed by atoms with Crippen LogP contribution in [0.25, 0.3) is 11.0 Å². The van der Waals surface area contributed by atoms with E-state index < -0.39 is 10.0 Å². The molecule has 1 aromatic heterocycles. The Morgan fingerprint density at radius 3 is 2.58 bits per heavy atom. The zero-order chi connectivity index (χ0) is 23.8. The quantitative estimate of drug-likeness (QED) is 0.692. The highest BCUT2D eigenvalue weighted by Crippen LogP contribution is 2.32. The molecule has 2 aliphatic heterocycles. The number of imidazole rings is 1. The summed E-state index contributed by atoms with van der Waals surface area (Å²) in [5.41, 5.74) is 1.53. The Balaban J connectivity index is 1.63. The molecule has 2 aliphatic rings. The van der Waals surface area contributed by atoms with Crippen molar-refractivity contribution in [2.24, 2.45) is 11.8 Å². The number of benzene rings is 1. The van der Waals surface area contributed by atoms with Crippen LogP contribution < -0.4 is 5.32 Å². The molecule has 0 radical (unpaired) electrons. The van der Waals surface area contributed by atoms with Crippen molar-refractivity contribution < 1.29 is 17.9 Å². The fourth-order valence-corrected chi connectivity index (χ4v) is 6.46. The summed E-state index contributed by atoms with van der Waals surface area (Å²) in [4.78, 5) is 16.9. The van der Waals surface area contributed by atoms with Gasteiger partial charge in [0.15, 0.2) is 0 Å². The number of fused-ring (bicyclic) bond motifs is 1. The molecular formula is C24H36N4O4S. The highest BCUT2D eigenvalue weighted by Gasteiger charge is 2.34. The van der Waals surface area contributed by atoms with Crippen LogP contribution in [-0.4, -0.2) is 61.5 Å². The van der Waals surface area contributed by atoms with E-state index in [9.17, 15) is 13.2 Å². The van der Waals surface area contributed by atoms with Gasteiger partial charge in [0, 0.05) is 51.7 Å². The largest absolute Gasteiger partial charge is 0.381 e. The van der Waals surface area contributed by atoms with E-state index in [0.717, 1.165) is 43.9 Å². The van der Waals surface area contributed by atoms with E-state index in [1.807, 2.05) is 6.07 Å². The van der Waals surface area contributed by atoms with Crippen molar-refractivity contribution in [3.8, 4) is 0 Å². The number of nitrogens with one attached hydrogen (secondary N) is 1. The molecule has 9 heteroatoms. The highest BCUT2D eigenvalue weighted by molar-refractivity contribution is 7.89. The first-order valence-electron chi connectivity index (χ1n) is 11.9. The summed E-state index contributed by atoms with van der Waals surface area (Å²) in [7, 11) is -2.03. The Labute approximate surface area is 196 Å². The first-order valence-corrected chi connectivity index (χ1v) is 13.3. The number of carbonyl (C=O) groups is 1. The third-order valence-electron chi connectivity index (χ3n) is 6.81. The molecule has 0 spiro atoms. The van der Waals surface area contributed by atoms with Gasteiger partial charge in [0.2, 0.25) is 15.9 Å². The summed E-state index contributed by atoms with van der Waals surface area (Å²) in [6.45, 7) is 9.69. The second kappa shape index (κ2) is 9.35. The van der Waals surface area contributed by atoms with Crippen molar-refractivity contribution in [3.05, 3.63) is 24.0 Å². The Hall–Kier alpha value is -1.97. The summed E-state index contributed by atoms with van der Waals surface area (Å²) < 4.78 is 36.0. The van der Waals surface area contributed by atoms with Gasteiger partial charge in [-0.3, -0.25) is 4.79 Å². The maximum atomic E-state index is 13.4. The van der Waals surface area contributed by atoms with E-state index >= 15 is 0 Å². The van der Waals surface area contributed by atoms with Gasteiger partial charge < -0.3 is 14.6 Å². The SMILES string of the molecule is CNC(=O)CC1CCN(S(=O)(=O)c2ccc3c(c2)nc(C(C)(C)C)n3CC2CCOCC2)C1. The van der Waals surface area contributed by atoms with Gasteiger partial charge in [-0.15, -0.1) is 0 Å². The van der Waals surface area contributed by atoms with Gasteiger partial charge in [-0.2, -0.15) is 4.31 Å². The molecule has 1 N–H and O–H groups in total. The van der Waals surface area contributed by atoms with Crippen LogP contribution in [0.2, 0.25) is 0 Å². The summed E-state index contributed by atoms with van der Waals surface area (Å²) in [6, 6.07) is 5.33. The van der Waals surface area contributed by atoms with Gasteiger partial charge in [0.1, 0.15) is 5.82 Å². The van der Waals surface area contributed by atoms with Gasteiger partial charge in [0.25, 0.3) is 0 Å². The Morgan fingerprint density at radius 1 is 1.18 bits per heavy atom. The topological polar surface area (TPSA) is 93.5 Å². The van der Waals surface area contributed by atoms with Crippen molar-refractivity contribution in [3.63, 3.8) is 0 Å². The molecule has 3 heterocycles. The van der Waals surface area contributed by atoms with E-state index in [4.69, 9.17) is 9.72 Å². The lowest BCUT2D eigenvalue weighted by Gasteiger charge is -2.26. The fourth-order valence-electron chi connectivity index (χ4n) is 4.91. The maximum absolute atomic E-state index is 13.4. The second-order valence-electron chi connectivity index (χ2n) is 10.4. The first-order chi connectivity index (χ1) is 15.6. The van der Waals surface area contributed by atoms with Crippen LogP contribution in [0.15, 0.2) is 23.1 Å². The standard InChI is InChI=1S/C24H36N4O4S/c1-24(2,3)23-26-20-14-19(5-6-21(20)28(23)16-17-8-11-32-12-9-17)33(30,31)27-10-7-18(15-27)13-22(29)25-4/h5-6,14,17-18H,7-13,15-16H2,1-4H3,(H,25,29). The average molecular weight is 477 g/mol. The monoisotopic (exact) mass is 476 g/mol. The van der Waals surface area contributed by atoms with Crippen LogP contribution in [0.3, 0.4) is 0 Å². The number of sulfonamides is 1. The molecule has 1 unspecified atom stereocenters. The van der Waals surface area contributed by atoms with E-state index in [1.165, 1.54) is 4.31 Å². The van der Waals surface area contributed by atoms with Crippen molar-refractivity contribution in [1.29, 1.82) is 0 Å². The van der Waals surface area contributed by atoms with Crippen LogP contribution in [0, 0.1) is 11.8 Å². The lowest BCUT2D eigenvalue weighted by molar-refractivity contribution is -0.121. The summed E-state index contributed by atoms with van der Waals surface area (Å²) in [5, 5.41) is 2.62. The fraction of sp³-hybridized carbons (Fsp3) is 0.667. The molecule has 2 fully saturated rings. The van der Waals surface area contributed by atoms with Gasteiger partial charge in [-0.05, 0) is 49.3 Å². The van der Waals surface area contributed by atoms with Gasteiger partial charge in [-0.1, -0.05) is 20.8 Å². The van der Waals surface area contributed by atoms with Crippen LogP contribution in [0.5, 0.6) is 0 Å². The Morgan fingerprint density at radius 2 is 1.91 bits per heavy atom. The molecule has 0 aliphatic carbocycles. The van der Waals surface area contributed by atoms with Crippen LogP contribution >= 0.6 is 0 Å². The maximum Gasteiger partial charge on any atom is 0.243 e. The number of amides is 1. The van der Waals surface area contributed by atoms with Crippen LogP contribution in [0.1, 0.15) is 52.3 Å². The Bertz CT molecular complexity index is 1110. The minimum atomic E-state index is -3.64. The molecule has 1 atom stereocenters. The number of rotatable bonds is 6. The van der Waals surface area contributed by atoms with Gasteiger partial charge in [0.05, 0.1) is 15.9 Å². The molecule has 182 valence electrons. The lowest BCUT2D eigenvalue weighted by Crippen LogP contribution is -2.30. The third kappa shape index (κ3) is 5.10. The van der Waals surface area contributed by atoms with Crippen LogP contribution in [-0.2, 0) is 31.5 Å². The number of ether oxygens (including phenoxy) is 1. The molecule has 1 aromatic carbocycles. The second-order valence-corrected chi connectivity index (χ2v) is 12.3. The Kier molecular flexibility index (Phi) is 6.85. The number of hydrogen-bond acceptors (Lipinski definition) is 5. The van der Waals surface area contributed by atoms with Gasteiger partial charge >= 0.3 is 0 Å². The molecule has 8 nitrogen and oxygen atoms in total. The minimum Gasteiger partial charge on any atom is -0.381 e. The molecule has 33 heavy (non-hydrogen) atoms. The lowest BCUT2D eigenvalue weighted by atomic mass is 9.94. The molecule has 1 amide bonds. The zero-order valence-corrected chi connectivity index (χ0v) is 21.0. The number of carbonyl (C=O) groups excluding carboxylic acids is 1. The molecule has 0 saturated carbocycles. The predicted molar refractivity (Wildman–Crippen MR) is 128 cm³/mol. The normalized spacial score (nSPS) is 21.0. The molecule has 4 rings (SSSR count). The van der Waals surface area contributed by atoms with E-state index in [2.05, 4.69) is 30.7 Å². The summed E-state index contributed by atoms with van der Waals surface area (Å²) in [6.07, 6.45) is 3.11. The van der Waals surface area contributed by atoms with Crippen molar-refractivity contribution in [1.82, 2.24) is 19.2 Å². The van der Waals surface area contributed by atoms with Crippen molar-refractivity contribution in [2.75, 3.05) is 33.4 Å². The molecule has 0 bridgehead atoms. The predicted octanol–water partition coefficient (Wildman–Crippen LogP) is 2.91. The highest BCUT2D eigenvalue weighted by atomic mass is 32.2. The number of nitrogens with zero attached hydrogens (tertiary/aromatic N) is 3.